The van der Waals surface area contributed by atoms with Gasteiger partial charge in [-0.15, -0.1) is 0 Å². The third kappa shape index (κ3) is 2.04. The highest BCUT2D eigenvalue weighted by Gasteiger charge is 2.67. The van der Waals surface area contributed by atoms with Gasteiger partial charge in [0.2, 0.25) is 17.7 Å². The highest BCUT2D eigenvalue weighted by atomic mass is 19.1. The molecule has 1 aromatic rings. The molecule has 2 saturated carbocycles. The number of halogens is 1. The van der Waals surface area contributed by atoms with Crippen molar-refractivity contribution in [2.75, 3.05) is 5.32 Å². The molecule has 3 fully saturated rings. The van der Waals surface area contributed by atoms with Crippen LogP contribution in [0.25, 0.3) is 0 Å². The summed E-state index contributed by atoms with van der Waals surface area (Å²) < 4.78 is 13.0. The van der Waals surface area contributed by atoms with E-state index < -0.39 is 17.8 Å². The molecule has 6 rings (SSSR count). The quantitative estimate of drug-likeness (QED) is 0.668. The number of hydrogen-bond donors (Lipinski definition) is 1. The van der Waals surface area contributed by atoms with Crippen molar-refractivity contribution in [3.05, 3.63) is 42.2 Å². The molecule has 2 bridgehead atoms. The molecule has 3 amide bonds. The second-order valence-corrected chi connectivity index (χ2v) is 7.87. The molecule has 1 N–H and O–H groups in total. The molecular formula is C20H19FN2O3. The van der Waals surface area contributed by atoms with Crippen LogP contribution in [0.2, 0.25) is 0 Å². The maximum absolute atomic E-state index is 13.0. The second kappa shape index (κ2) is 5.25. The van der Waals surface area contributed by atoms with Gasteiger partial charge < -0.3 is 5.32 Å². The average molecular weight is 354 g/mol. The maximum Gasteiger partial charge on any atom is 0.247 e. The summed E-state index contributed by atoms with van der Waals surface area (Å²) in [6.07, 6.45) is 5.33. The van der Waals surface area contributed by atoms with E-state index in [-0.39, 0.29) is 35.5 Å². The summed E-state index contributed by atoms with van der Waals surface area (Å²) in [5.74, 6) is -0.526. The van der Waals surface area contributed by atoms with E-state index in [0.717, 1.165) is 11.3 Å². The van der Waals surface area contributed by atoms with E-state index >= 15 is 0 Å². The average Bonchev–Trinajstić information content (AvgIpc) is 3.41. The summed E-state index contributed by atoms with van der Waals surface area (Å²) in [5.41, 5.74) is 0.433. The van der Waals surface area contributed by atoms with Crippen molar-refractivity contribution in [3.63, 3.8) is 0 Å². The molecule has 0 unspecified atom stereocenters. The highest BCUT2D eigenvalue weighted by Crippen LogP contribution is 2.65. The predicted octanol–water partition coefficient (Wildman–Crippen LogP) is 2.21. The van der Waals surface area contributed by atoms with Crippen LogP contribution in [0.3, 0.4) is 0 Å². The summed E-state index contributed by atoms with van der Waals surface area (Å²) in [6.45, 7) is 1.57. The summed E-state index contributed by atoms with van der Waals surface area (Å²) in [4.78, 5) is 39.7. The molecule has 0 spiro atoms. The zero-order valence-corrected chi connectivity index (χ0v) is 14.3. The van der Waals surface area contributed by atoms with E-state index in [0.29, 0.717) is 17.5 Å². The van der Waals surface area contributed by atoms with Gasteiger partial charge in [-0.25, -0.2) is 4.39 Å². The third-order valence-electron chi connectivity index (χ3n) is 6.58. The van der Waals surface area contributed by atoms with Gasteiger partial charge in [-0.2, -0.15) is 0 Å². The molecule has 1 heterocycles. The molecule has 0 radical (unpaired) electrons. The number of carbonyl (C=O) groups excluding carboxylic acids is 3. The number of benzene rings is 1. The first kappa shape index (κ1) is 15.7. The van der Waals surface area contributed by atoms with Gasteiger partial charge in [0.15, 0.2) is 0 Å². The smallest absolute Gasteiger partial charge is 0.247 e. The van der Waals surface area contributed by atoms with E-state index in [9.17, 15) is 18.8 Å². The SMILES string of the molecule is C[C@H](C(=O)Nc1ccc(F)cc1)N1C(=O)[C@@H]2[C@H]3C=C[C@@H]([C@@H]4C[C@@H]34)[C@H]2C1=O. The van der Waals surface area contributed by atoms with Crippen molar-refractivity contribution >= 4 is 23.4 Å². The van der Waals surface area contributed by atoms with Gasteiger partial charge >= 0.3 is 0 Å². The molecule has 134 valence electrons. The lowest BCUT2D eigenvalue weighted by Gasteiger charge is -2.37. The number of rotatable bonds is 3. The Morgan fingerprint density at radius 1 is 1.08 bits per heavy atom. The van der Waals surface area contributed by atoms with Crippen LogP contribution in [0.1, 0.15) is 13.3 Å². The minimum absolute atomic E-state index is 0.142. The minimum atomic E-state index is -0.888. The van der Waals surface area contributed by atoms with Crippen LogP contribution in [0.15, 0.2) is 36.4 Å². The lowest BCUT2D eigenvalue weighted by atomic mass is 9.63. The van der Waals surface area contributed by atoms with Gasteiger partial charge in [0.05, 0.1) is 11.8 Å². The van der Waals surface area contributed by atoms with E-state index in [1.54, 1.807) is 6.92 Å². The monoisotopic (exact) mass is 354 g/mol. The van der Waals surface area contributed by atoms with E-state index in [2.05, 4.69) is 17.5 Å². The Morgan fingerprint density at radius 3 is 2.15 bits per heavy atom. The number of likely N-dealkylation sites (tertiary alicyclic amines) is 1. The van der Waals surface area contributed by atoms with Gasteiger partial charge in [-0.1, -0.05) is 12.2 Å². The normalized spacial score (nSPS) is 37.4. The Balaban J connectivity index is 1.37. The number of anilines is 1. The zero-order valence-electron chi connectivity index (χ0n) is 14.3. The molecule has 1 saturated heterocycles. The molecule has 5 nitrogen and oxygen atoms in total. The number of hydrogen-bond acceptors (Lipinski definition) is 3. The van der Waals surface area contributed by atoms with Crippen molar-refractivity contribution in [1.29, 1.82) is 0 Å². The topological polar surface area (TPSA) is 66.5 Å². The van der Waals surface area contributed by atoms with Crippen molar-refractivity contribution < 1.29 is 18.8 Å². The number of allylic oxidation sites excluding steroid dienone is 2. The Kier molecular flexibility index (Phi) is 3.18. The number of nitrogens with one attached hydrogen (secondary N) is 1. The number of amides is 3. The molecular weight excluding hydrogens is 335 g/mol. The van der Waals surface area contributed by atoms with Gasteiger partial charge in [0.25, 0.3) is 0 Å². The van der Waals surface area contributed by atoms with E-state index in [1.807, 2.05) is 0 Å². The first-order valence-electron chi connectivity index (χ1n) is 9.09. The van der Waals surface area contributed by atoms with Crippen LogP contribution in [-0.4, -0.2) is 28.7 Å². The highest BCUT2D eigenvalue weighted by molar-refractivity contribution is 6.10. The van der Waals surface area contributed by atoms with Gasteiger partial charge in [0.1, 0.15) is 11.9 Å². The van der Waals surface area contributed by atoms with Crippen molar-refractivity contribution in [2.24, 2.45) is 35.5 Å². The lowest BCUT2D eigenvalue weighted by molar-refractivity contribution is -0.146. The third-order valence-corrected chi connectivity index (χ3v) is 6.58. The fourth-order valence-corrected chi connectivity index (χ4v) is 5.26. The fraction of sp³-hybridized carbons (Fsp3) is 0.450. The lowest BCUT2D eigenvalue weighted by Crippen LogP contribution is -2.46. The number of nitrogens with zero attached hydrogens (tertiary/aromatic N) is 1. The van der Waals surface area contributed by atoms with Crippen LogP contribution < -0.4 is 5.32 Å². The minimum Gasteiger partial charge on any atom is -0.324 e. The number of carbonyl (C=O) groups is 3. The van der Waals surface area contributed by atoms with Crippen LogP contribution >= 0.6 is 0 Å². The first-order valence-corrected chi connectivity index (χ1v) is 9.09. The molecule has 1 aliphatic heterocycles. The summed E-state index contributed by atoms with van der Waals surface area (Å²) in [5, 5.41) is 2.66. The number of imide groups is 1. The van der Waals surface area contributed by atoms with Crippen molar-refractivity contribution in [2.45, 2.75) is 19.4 Å². The molecule has 4 aliphatic carbocycles. The van der Waals surface area contributed by atoms with Crippen LogP contribution in [-0.2, 0) is 14.4 Å². The largest absolute Gasteiger partial charge is 0.324 e. The molecule has 6 heteroatoms. The molecule has 1 aromatic carbocycles. The van der Waals surface area contributed by atoms with E-state index in [1.165, 1.54) is 24.3 Å². The molecule has 5 aliphatic rings. The Morgan fingerprint density at radius 2 is 1.62 bits per heavy atom. The summed E-state index contributed by atoms with van der Waals surface area (Å²) in [6, 6.07) is 4.50. The molecule has 0 aromatic heterocycles. The Bertz CT molecular complexity index is 813. The fourth-order valence-electron chi connectivity index (χ4n) is 5.26. The van der Waals surface area contributed by atoms with Crippen LogP contribution in [0, 0.1) is 41.3 Å². The first-order chi connectivity index (χ1) is 12.5. The van der Waals surface area contributed by atoms with Crippen LogP contribution in [0.5, 0.6) is 0 Å². The standard InChI is InChI=1S/C20H19FN2O3/c1-9(18(24)22-11-4-2-10(21)3-5-11)23-19(25)16-12-6-7-13(15-8-14(12)15)17(16)20(23)26/h2-7,9,12-17H,8H2,1H3,(H,22,24)/t9-,12+,13+,14+,15+,16-,17-/m1/s1. The Labute approximate surface area is 150 Å². The summed E-state index contributed by atoms with van der Waals surface area (Å²) in [7, 11) is 0. The molecule has 7 atom stereocenters. The second-order valence-electron chi connectivity index (χ2n) is 7.87. The van der Waals surface area contributed by atoms with Gasteiger partial charge in [-0.3, -0.25) is 19.3 Å². The van der Waals surface area contributed by atoms with Gasteiger partial charge in [0, 0.05) is 5.69 Å². The molecule has 26 heavy (non-hydrogen) atoms. The zero-order chi connectivity index (χ0) is 18.2. The summed E-state index contributed by atoms with van der Waals surface area (Å²) >= 11 is 0. The van der Waals surface area contributed by atoms with Gasteiger partial charge in [-0.05, 0) is 61.3 Å². The van der Waals surface area contributed by atoms with Crippen molar-refractivity contribution in [1.82, 2.24) is 4.90 Å². The predicted molar refractivity (Wildman–Crippen MR) is 91.0 cm³/mol. The Hall–Kier alpha value is -2.50. The maximum atomic E-state index is 13.0. The van der Waals surface area contributed by atoms with E-state index in [4.69, 9.17) is 0 Å². The van der Waals surface area contributed by atoms with Crippen molar-refractivity contribution in [3.8, 4) is 0 Å². The van der Waals surface area contributed by atoms with Crippen LogP contribution in [0.4, 0.5) is 10.1 Å².